The molecule has 0 N–H and O–H groups in total. The third-order valence-electron chi connectivity index (χ3n) is 4.39. The SMILES string of the molecule is Cc1cc(C)n(CC(=O)N2CCC[C@@H](n3ccnc3C)C2)n1. The Balaban J connectivity index is 1.68. The zero-order valence-corrected chi connectivity index (χ0v) is 13.5. The summed E-state index contributed by atoms with van der Waals surface area (Å²) in [6, 6.07) is 2.34. The predicted molar refractivity (Wildman–Crippen MR) is 83.5 cm³/mol. The Kier molecular flexibility index (Phi) is 4.00. The van der Waals surface area contributed by atoms with Gasteiger partial charge in [-0.1, -0.05) is 0 Å². The summed E-state index contributed by atoms with van der Waals surface area (Å²) in [5.74, 6) is 1.16. The lowest BCUT2D eigenvalue weighted by molar-refractivity contribution is -0.133. The van der Waals surface area contributed by atoms with E-state index in [1.165, 1.54) is 0 Å². The number of rotatable bonds is 3. The third kappa shape index (κ3) is 2.91. The first-order chi connectivity index (χ1) is 10.5. The normalized spacial score (nSPS) is 18.7. The zero-order chi connectivity index (χ0) is 15.7. The van der Waals surface area contributed by atoms with Gasteiger partial charge in [-0.15, -0.1) is 0 Å². The number of amides is 1. The maximum absolute atomic E-state index is 12.6. The minimum absolute atomic E-state index is 0.147. The molecule has 3 heterocycles. The van der Waals surface area contributed by atoms with E-state index in [1.54, 1.807) is 4.68 Å². The second-order valence-corrected chi connectivity index (χ2v) is 6.10. The Labute approximate surface area is 130 Å². The standard InChI is InChI=1S/C16H23N5O/c1-12-9-13(2)21(18-12)11-16(22)19-7-4-5-15(10-19)20-8-6-17-14(20)3/h6,8-9,15H,4-5,7,10-11H2,1-3H3/t15-/m1/s1. The van der Waals surface area contributed by atoms with E-state index >= 15 is 0 Å². The highest BCUT2D eigenvalue weighted by molar-refractivity contribution is 5.76. The monoisotopic (exact) mass is 301 g/mol. The molecule has 3 rings (SSSR count). The summed E-state index contributed by atoms with van der Waals surface area (Å²) in [5.41, 5.74) is 1.99. The highest BCUT2D eigenvalue weighted by Crippen LogP contribution is 2.22. The van der Waals surface area contributed by atoms with E-state index in [0.717, 1.165) is 43.1 Å². The highest BCUT2D eigenvalue weighted by Gasteiger charge is 2.25. The lowest BCUT2D eigenvalue weighted by Gasteiger charge is -2.34. The molecular formula is C16H23N5O. The third-order valence-corrected chi connectivity index (χ3v) is 4.39. The van der Waals surface area contributed by atoms with Crippen molar-refractivity contribution in [3.05, 3.63) is 35.7 Å². The van der Waals surface area contributed by atoms with E-state index in [1.807, 2.05) is 44.1 Å². The molecule has 1 aliphatic rings. The smallest absolute Gasteiger partial charge is 0.244 e. The van der Waals surface area contributed by atoms with Crippen LogP contribution >= 0.6 is 0 Å². The Morgan fingerprint density at radius 1 is 1.36 bits per heavy atom. The number of hydrogen-bond acceptors (Lipinski definition) is 3. The minimum Gasteiger partial charge on any atom is -0.339 e. The average Bonchev–Trinajstić information content (AvgIpc) is 3.05. The summed E-state index contributed by atoms with van der Waals surface area (Å²) in [5, 5.41) is 4.38. The minimum atomic E-state index is 0.147. The fourth-order valence-electron chi connectivity index (χ4n) is 3.24. The van der Waals surface area contributed by atoms with Crippen LogP contribution in [0.1, 0.15) is 36.1 Å². The van der Waals surface area contributed by atoms with Crippen molar-refractivity contribution in [2.45, 2.75) is 46.2 Å². The molecule has 2 aromatic heterocycles. The highest BCUT2D eigenvalue weighted by atomic mass is 16.2. The molecule has 0 radical (unpaired) electrons. The summed E-state index contributed by atoms with van der Waals surface area (Å²) in [6.07, 6.45) is 5.97. The van der Waals surface area contributed by atoms with Crippen LogP contribution < -0.4 is 0 Å². The van der Waals surface area contributed by atoms with Crippen LogP contribution in [0.15, 0.2) is 18.5 Å². The van der Waals surface area contributed by atoms with Crippen LogP contribution in [0.2, 0.25) is 0 Å². The molecule has 0 saturated carbocycles. The molecule has 1 atom stereocenters. The fourth-order valence-corrected chi connectivity index (χ4v) is 3.24. The number of hydrogen-bond donors (Lipinski definition) is 0. The molecule has 118 valence electrons. The lowest BCUT2D eigenvalue weighted by Crippen LogP contribution is -2.42. The van der Waals surface area contributed by atoms with Gasteiger partial charge in [-0.3, -0.25) is 9.48 Å². The Morgan fingerprint density at radius 3 is 2.82 bits per heavy atom. The summed E-state index contributed by atoms with van der Waals surface area (Å²) in [4.78, 5) is 18.8. The van der Waals surface area contributed by atoms with Crippen LogP contribution in [0.25, 0.3) is 0 Å². The van der Waals surface area contributed by atoms with Crippen LogP contribution in [-0.2, 0) is 11.3 Å². The number of likely N-dealkylation sites (tertiary alicyclic amines) is 1. The van der Waals surface area contributed by atoms with Crippen molar-refractivity contribution in [1.82, 2.24) is 24.2 Å². The predicted octanol–water partition coefficient (Wildman–Crippen LogP) is 1.87. The van der Waals surface area contributed by atoms with Crippen molar-refractivity contribution in [3.8, 4) is 0 Å². The van der Waals surface area contributed by atoms with Crippen LogP contribution in [0, 0.1) is 20.8 Å². The number of imidazole rings is 1. The molecular weight excluding hydrogens is 278 g/mol. The number of piperidine rings is 1. The molecule has 2 aromatic rings. The van der Waals surface area contributed by atoms with Crippen molar-refractivity contribution in [2.75, 3.05) is 13.1 Å². The van der Waals surface area contributed by atoms with Crippen molar-refractivity contribution >= 4 is 5.91 Å². The van der Waals surface area contributed by atoms with Gasteiger partial charge < -0.3 is 9.47 Å². The first kappa shape index (κ1) is 14.8. The van der Waals surface area contributed by atoms with Crippen molar-refractivity contribution in [1.29, 1.82) is 0 Å². The van der Waals surface area contributed by atoms with Gasteiger partial charge in [-0.25, -0.2) is 4.98 Å². The number of carbonyl (C=O) groups excluding carboxylic acids is 1. The van der Waals surface area contributed by atoms with Gasteiger partial charge in [0, 0.05) is 31.2 Å². The second kappa shape index (κ2) is 5.94. The molecule has 22 heavy (non-hydrogen) atoms. The first-order valence-corrected chi connectivity index (χ1v) is 7.83. The molecule has 0 aliphatic carbocycles. The van der Waals surface area contributed by atoms with Crippen molar-refractivity contribution in [2.24, 2.45) is 0 Å². The maximum Gasteiger partial charge on any atom is 0.244 e. The summed E-state index contributed by atoms with van der Waals surface area (Å²) in [6.45, 7) is 7.87. The quantitative estimate of drug-likeness (QED) is 0.869. The summed E-state index contributed by atoms with van der Waals surface area (Å²) in [7, 11) is 0. The first-order valence-electron chi connectivity index (χ1n) is 7.83. The number of nitrogens with zero attached hydrogens (tertiary/aromatic N) is 5. The van der Waals surface area contributed by atoms with Crippen molar-refractivity contribution in [3.63, 3.8) is 0 Å². The Morgan fingerprint density at radius 2 is 2.18 bits per heavy atom. The molecule has 1 fully saturated rings. The van der Waals surface area contributed by atoms with Gasteiger partial charge in [-0.2, -0.15) is 5.10 Å². The van der Waals surface area contributed by atoms with Crippen LogP contribution in [0.3, 0.4) is 0 Å². The molecule has 0 aromatic carbocycles. The van der Waals surface area contributed by atoms with Gasteiger partial charge in [0.2, 0.25) is 5.91 Å². The van der Waals surface area contributed by atoms with E-state index < -0.39 is 0 Å². The zero-order valence-electron chi connectivity index (χ0n) is 13.5. The van der Waals surface area contributed by atoms with Crippen LogP contribution in [-0.4, -0.2) is 43.2 Å². The van der Waals surface area contributed by atoms with E-state index in [9.17, 15) is 4.79 Å². The topological polar surface area (TPSA) is 56.0 Å². The number of aromatic nitrogens is 4. The van der Waals surface area contributed by atoms with E-state index in [-0.39, 0.29) is 5.91 Å². The van der Waals surface area contributed by atoms with Gasteiger partial charge >= 0.3 is 0 Å². The van der Waals surface area contributed by atoms with Crippen LogP contribution in [0.5, 0.6) is 0 Å². The van der Waals surface area contributed by atoms with Gasteiger partial charge in [0.25, 0.3) is 0 Å². The van der Waals surface area contributed by atoms with Crippen LogP contribution in [0.4, 0.5) is 0 Å². The largest absolute Gasteiger partial charge is 0.339 e. The van der Waals surface area contributed by atoms with Gasteiger partial charge in [0.15, 0.2) is 0 Å². The van der Waals surface area contributed by atoms with E-state index in [0.29, 0.717) is 12.6 Å². The van der Waals surface area contributed by atoms with Gasteiger partial charge in [-0.05, 0) is 39.7 Å². The molecule has 6 heteroatoms. The molecule has 1 amide bonds. The number of aryl methyl sites for hydroxylation is 3. The van der Waals surface area contributed by atoms with Gasteiger partial charge in [0.1, 0.15) is 12.4 Å². The van der Waals surface area contributed by atoms with E-state index in [2.05, 4.69) is 14.6 Å². The molecule has 0 bridgehead atoms. The molecule has 0 unspecified atom stereocenters. The molecule has 0 spiro atoms. The molecule has 6 nitrogen and oxygen atoms in total. The second-order valence-electron chi connectivity index (χ2n) is 6.10. The Hall–Kier alpha value is -2.11. The van der Waals surface area contributed by atoms with Crippen molar-refractivity contribution < 1.29 is 4.79 Å². The van der Waals surface area contributed by atoms with Gasteiger partial charge in [0.05, 0.1) is 11.7 Å². The molecule has 1 saturated heterocycles. The maximum atomic E-state index is 12.6. The fraction of sp³-hybridized carbons (Fsp3) is 0.562. The number of carbonyl (C=O) groups is 1. The molecule has 1 aliphatic heterocycles. The summed E-state index contributed by atoms with van der Waals surface area (Å²) < 4.78 is 3.98. The lowest BCUT2D eigenvalue weighted by atomic mass is 10.1. The average molecular weight is 301 g/mol. The van der Waals surface area contributed by atoms with E-state index in [4.69, 9.17) is 0 Å². The summed E-state index contributed by atoms with van der Waals surface area (Å²) >= 11 is 0. The Bertz CT molecular complexity index is 672.